The zero-order valence-corrected chi connectivity index (χ0v) is 23.8. The quantitative estimate of drug-likeness (QED) is 0.216. The van der Waals surface area contributed by atoms with E-state index in [1.807, 2.05) is 105 Å². The summed E-state index contributed by atoms with van der Waals surface area (Å²) in [5.74, 6) is 0.000412. The van der Waals surface area contributed by atoms with Crippen LogP contribution in [0, 0.1) is 0 Å². The van der Waals surface area contributed by atoms with Gasteiger partial charge >= 0.3 is 6.09 Å². The molecule has 0 fully saturated rings. The standard InChI is InChI=1S/C33H34ClN3O3/c1-4-37(5-2)32(38)29-12-7-6-10-24(29)16-20-31(36(3)33(39)40)26-11-8-9-23(21-26)13-18-28-19-15-25-14-17-27(34)22-30(25)35-28/h6-15,17-19,21-22,31H,4-5,16,20H2,1-3H3,(H,39,40)/b18-13+. The van der Waals surface area contributed by atoms with Gasteiger partial charge in [0.15, 0.2) is 0 Å². The van der Waals surface area contributed by atoms with E-state index < -0.39 is 6.09 Å². The molecule has 0 radical (unpaired) electrons. The summed E-state index contributed by atoms with van der Waals surface area (Å²) in [7, 11) is 1.59. The molecule has 0 aliphatic carbocycles. The van der Waals surface area contributed by atoms with Crippen LogP contribution in [0.4, 0.5) is 4.79 Å². The Labute approximate surface area is 240 Å². The normalized spacial score (nSPS) is 12.0. The predicted octanol–water partition coefficient (Wildman–Crippen LogP) is 7.82. The highest BCUT2D eigenvalue weighted by atomic mass is 35.5. The molecule has 1 atom stereocenters. The van der Waals surface area contributed by atoms with Crippen molar-refractivity contribution in [2.24, 2.45) is 0 Å². The van der Waals surface area contributed by atoms with Crippen molar-refractivity contribution in [1.29, 1.82) is 0 Å². The van der Waals surface area contributed by atoms with Crippen LogP contribution in [0.2, 0.25) is 5.02 Å². The summed E-state index contributed by atoms with van der Waals surface area (Å²) in [6, 6.07) is 24.7. The molecule has 0 spiro atoms. The average molecular weight is 556 g/mol. The number of benzene rings is 3. The number of amides is 2. The van der Waals surface area contributed by atoms with Gasteiger partial charge in [0.1, 0.15) is 0 Å². The molecular formula is C33H34ClN3O3. The smallest absolute Gasteiger partial charge is 0.407 e. The van der Waals surface area contributed by atoms with E-state index in [0.717, 1.165) is 33.3 Å². The summed E-state index contributed by atoms with van der Waals surface area (Å²) in [5.41, 5.74) is 5.04. The van der Waals surface area contributed by atoms with Gasteiger partial charge < -0.3 is 14.9 Å². The summed E-state index contributed by atoms with van der Waals surface area (Å²) < 4.78 is 0. The average Bonchev–Trinajstić information content (AvgIpc) is 2.96. The van der Waals surface area contributed by atoms with Crippen LogP contribution in [0.15, 0.2) is 78.9 Å². The van der Waals surface area contributed by atoms with E-state index in [4.69, 9.17) is 11.6 Å². The Morgan fingerprint density at radius 1 is 0.950 bits per heavy atom. The van der Waals surface area contributed by atoms with Crippen molar-refractivity contribution < 1.29 is 14.7 Å². The van der Waals surface area contributed by atoms with Crippen LogP contribution in [0.25, 0.3) is 23.1 Å². The van der Waals surface area contributed by atoms with E-state index in [2.05, 4.69) is 4.98 Å². The SMILES string of the molecule is CCN(CC)C(=O)c1ccccc1CCC(c1cccc(/C=C/c2ccc3ccc(Cl)cc3n2)c1)N(C)C(=O)O. The molecule has 1 unspecified atom stereocenters. The molecule has 4 rings (SSSR count). The molecule has 1 aromatic heterocycles. The van der Waals surface area contributed by atoms with E-state index in [-0.39, 0.29) is 11.9 Å². The minimum absolute atomic E-state index is 0.000412. The lowest BCUT2D eigenvalue weighted by molar-refractivity contribution is 0.0771. The van der Waals surface area contributed by atoms with Crippen LogP contribution < -0.4 is 0 Å². The van der Waals surface area contributed by atoms with E-state index in [0.29, 0.717) is 36.5 Å². The molecule has 1 N–H and O–H groups in total. The van der Waals surface area contributed by atoms with Gasteiger partial charge in [0.25, 0.3) is 5.91 Å². The molecule has 3 aromatic carbocycles. The lowest BCUT2D eigenvalue weighted by atomic mass is 9.94. The van der Waals surface area contributed by atoms with Crippen LogP contribution in [-0.2, 0) is 6.42 Å². The van der Waals surface area contributed by atoms with Gasteiger partial charge in [0, 0.05) is 36.1 Å². The second-order valence-corrected chi connectivity index (χ2v) is 10.1. The number of carbonyl (C=O) groups excluding carboxylic acids is 1. The number of carboxylic acid groups (broad SMARTS) is 1. The van der Waals surface area contributed by atoms with Gasteiger partial charge in [0.2, 0.25) is 0 Å². The number of fused-ring (bicyclic) bond motifs is 1. The lowest BCUT2D eigenvalue weighted by Gasteiger charge is -2.27. The molecule has 6 nitrogen and oxygen atoms in total. The molecule has 40 heavy (non-hydrogen) atoms. The van der Waals surface area contributed by atoms with Crippen molar-refractivity contribution >= 4 is 46.7 Å². The minimum Gasteiger partial charge on any atom is -0.465 e. The summed E-state index contributed by atoms with van der Waals surface area (Å²) in [4.78, 5) is 33.0. The van der Waals surface area contributed by atoms with Crippen LogP contribution in [-0.4, -0.2) is 52.0 Å². The highest BCUT2D eigenvalue weighted by Gasteiger charge is 2.23. The Hall–Kier alpha value is -4.16. The Bertz CT molecular complexity index is 1530. The Morgan fingerprint density at radius 2 is 1.70 bits per heavy atom. The number of halogens is 1. The molecule has 206 valence electrons. The van der Waals surface area contributed by atoms with Gasteiger partial charge in [-0.2, -0.15) is 0 Å². The van der Waals surface area contributed by atoms with Crippen molar-refractivity contribution in [1.82, 2.24) is 14.8 Å². The molecule has 1 heterocycles. The minimum atomic E-state index is -1.00. The molecular weight excluding hydrogens is 522 g/mol. The summed E-state index contributed by atoms with van der Waals surface area (Å²) in [5, 5.41) is 11.5. The highest BCUT2D eigenvalue weighted by Crippen LogP contribution is 2.28. The molecule has 0 saturated heterocycles. The van der Waals surface area contributed by atoms with E-state index >= 15 is 0 Å². The molecule has 2 amide bonds. The first-order chi connectivity index (χ1) is 19.3. The van der Waals surface area contributed by atoms with Crippen LogP contribution in [0.3, 0.4) is 0 Å². The predicted molar refractivity (Wildman–Crippen MR) is 163 cm³/mol. The van der Waals surface area contributed by atoms with Crippen LogP contribution >= 0.6 is 11.6 Å². The van der Waals surface area contributed by atoms with Crippen molar-refractivity contribution in [3.05, 3.63) is 112 Å². The molecule has 4 aromatic rings. The van der Waals surface area contributed by atoms with Gasteiger partial charge in [-0.1, -0.05) is 66.2 Å². The number of aromatic nitrogens is 1. The van der Waals surface area contributed by atoms with Gasteiger partial charge in [-0.3, -0.25) is 4.79 Å². The van der Waals surface area contributed by atoms with Gasteiger partial charge in [-0.25, -0.2) is 9.78 Å². The first-order valence-electron chi connectivity index (χ1n) is 13.5. The third-order valence-corrected chi connectivity index (χ3v) is 7.41. The number of pyridine rings is 1. The lowest BCUT2D eigenvalue weighted by Crippen LogP contribution is -2.32. The topological polar surface area (TPSA) is 73.7 Å². The second-order valence-electron chi connectivity index (χ2n) is 9.66. The third kappa shape index (κ3) is 6.88. The zero-order valence-electron chi connectivity index (χ0n) is 23.0. The molecule has 0 saturated carbocycles. The fourth-order valence-corrected chi connectivity index (χ4v) is 5.05. The maximum atomic E-state index is 13.1. The summed E-state index contributed by atoms with van der Waals surface area (Å²) in [6.07, 6.45) is 4.00. The number of hydrogen-bond acceptors (Lipinski definition) is 3. The third-order valence-electron chi connectivity index (χ3n) is 7.17. The monoisotopic (exact) mass is 555 g/mol. The number of hydrogen-bond donors (Lipinski definition) is 1. The molecule has 0 bridgehead atoms. The summed E-state index contributed by atoms with van der Waals surface area (Å²) in [6.45, 7) is 5.21. The van der Waals surface area contributed by atoms with Crippen LogP contribution in [0.5, 0.6) is 0 Å². The number of rotatable bonds is 10. The zero-order chi connectivity index (χ0) is 28.6. The first-order valence-corrected chi connectivity index (χ1v) is 13.9. The molecule has 0 aliphatic rings. The van der Waals surface area contributed by atoms with Crippen LogP contribution in [0.1, 0.15) is 59.1 Å². The van der Waals surface area contributed by atoms with Gasteiger partial charge in [-0.15, -0.1) is 0 Å². The van der Waals surface area contributed by atoms with E-state index in [9.17, 15) is 14.7 Å². The first kappa shape index (κ1) is 28.8. The maximum Gasteiger partial charge on any atom is 0.407 e. The van der Waals surface area contributed by atoms with Gasteiger partial charge in [0.05, 0.1) is 17.3 Å². The fraction of sp³-hybridized carbons (Fsp3) is 0.242. The van der Waals surface area contributed by atoms with Crippen molar-refractivity contribution in [3.63, 3.8) is 0 Å². The van der Waals surface area contributed by atoms with E-state index in [1.165, 1.54) is 4.90 Å². The molecule has 7 heteroatoms. The molecule has 0 aliphatic heterocycles. The highest BCUT2D eigenvalue weighted by molar-refractivity contribution is 6.31. The number of aryl methyl sites for hydroxylation is 1. The second kappa shape index (κ2) is 13.3. The maximum absolute atomic E-state index is 13.1. The van der Waals surface area contributed by atoms with Crippen molar-refractivity contribution in [2.75, 3.05) is 20.1 Å². The largest absolute Gasteiger partial charge is 0.465 e. The number of carbonyl (C=O) groups is 2. The Kier molecular flexibility index (Phi) is 9.56. The van der Waals surface area contributed by atoms with E-state index in [1.54, 1.807) is 11.9 Å². The fourth-order valence-electron chi connectivity index (χ4n) is 4.89. The van der Waals surface area contributed by atoms with Crippen molar-refractivity contribution in [2.45, 2.75) is 32.7 Å². The Balaban J connectivity index is 1.58. The Morgan fingerprint density at radius 3 is 2.45 bits per heavy atom. The summed E-state index contributed by atoms with van der Waals surface area (Å²) >= 11 is 6.13. The van der Waals surface area contributed by atoms with Gasteiger partial charge in [-0.05, 0) is 79.8 Å². The number of nitrogens with zero attached hydrogens (tertiary/aromatic N) is 3. The van der Waals surface area contributed by atoms with Crippen molar-refractivity contribution in [3.8, 4) is 0 Å².